The van der Waals surface area contributed by atoms with Gasteiger partial charge in [-0.05, 0) is 12.5 Å². The highest BCUT2D eigenvalue weighted by molar-refractivity contribution is 5.70. The highest BCUT2D eigenvalue weighted by Crippen LogP contribution is 1.92. The lowest BCUT2D eigenvalue weighted by Gasteiger charge is -2.03. The Morgan fingerprint density at radius 1 is 1.64 bits per heavy atom. The third-order valence-electron chi connectivity index (χ3n) is 1.60. The summed E-state index contributed by atoms with van der Waals surface area (Å²) >= 11 is 0. The summed E-state index contributed by atoms with van der Waals surface area (Å²) in [6, 6.07) is 3.06. The first-order valence-corrected chi connectivity index (χ1v) is 3.96. The van der Waals surface area contributed by atoms with E-state index in [2.05, 4.69) is 4.74 Å². The molecule has 1 aromatic heterocycles. The molecule has 0 saturated carbocycles. The summed E-state index contributed by atoms with van der Waals surface area (Å²) < 4.78 is 5.51. The number of aryl methyl sites for hydroxylation is 1. The number of aromatic nitrogens is 1. The molecule has 0 fully saturated rings. The quantitative estimate of drug-likeness (QED) is 0.498. The maximum atomic E-state index is 11.2. The van der Waals surface area contributed by atoms with Gasteiger partial charge in [-0.1, -0.05) is 12.5 Å². The first-order valence-electron chi connectivity index (χ1n) is 3.96. The van der Waals surface area contributed by atoms with Gasteiger partial charge in [0.05, 0.1) is 0 Å². The molecule has 0 spiro atoms. The molecule has 0 atom stereocenters. The van der Waals surface area contributed by atoms with Gasteiger partial charge in [0.25, 0.3) is 5.56 Å². The monoisotopic (exact) mass is 191 g/mol. The standard InChI is InChI=1S/C10H9NO3/c1-3-14-10(13)7-11-6-8(2)4-5-9(11)12/h1,4-6H,7H2,2H3. The first-order chi connectivity index (χ1) is 6.63. The summed E-state index contributed by atoms with van der Waals surface area (Å²) in [6.07, 6.45) is 8.10. The van der Waals surface area contributed by atoms with Crippen molar-refractivity contribution >= 4 is 5.97 Å². The number of rotatable bonds is 2. The maximum absolute atomic E-state index is 11.2. The van der Waals surface area contributed by atoms with Gasteiger partial charge in [0, 0.05) is 12.3 Å². The van der Waals surface area contributed by atoms with Gasteiger partial charge >= 0.3 is 5.97 Å². The van der Waals surface area contributed by atoms with Crippen LogP contribution in [0.5, 0.6) is 0 Å². The summed E-state index contributed by atoms with van der Waals surface area (Å²) in [5.74, 6) is -0.625. The Balaban J connectivity index is 2.87. The van der Waals surface area contributed by atoms with Crippen molar-refractivity contribution in [1.29, 1.82) is 0 Å². The Morgan fingerprint density at radius 2 is 2.36 bits per heavy atom. The average Bonchev–Trinajstić information content (AvgIpc) is 2.12. The lowest BCUT2D eigenvalue weighted by molar-refractivity contribution is -0.137. The second-order valence-corrected chi connectivity index (χ2v) is 2.76. The van der Waals surface area contributed by atoms with E-state index in [0.717, 1.165) is 5.56 Å². The summed E-state index contributed by atoms with van der Waals surface area (Å²) in [7, 11) is 0. The number of carbonyl (C=O) groups is 1. The normalized spacial score (nSPS) is 9.14. The number of terminal acetylenes is 1. The number of carbonyl (C=O) groups excluding carboxylic acids is 1. The minimum atomic E-state index is -0.625. The molecule has 1 rings (SSSR count). The molecule has 0 aromatic carbocycles. The summed E-state index contributed by atoms with van der Waals surface area (Å²) in [5.41, 5.74) is 0.627. The van der Waals surface area contributed by atoms with Gasteiger partial charge < -0.3 is 9.30 Å². The number of ether oxygens (including phenoxy) is 1. The van der Waals surface area contributed by atoms with Crippen molar-refractivity contribution in [3.05, 3.63) is 34.2 Å². The molecule has 0 aliphatic rings. The highest BCUT2D eigenvalue weighted by Gasteiger charge is 2.04. The van der Waals surface area contributed by atoms with Crippen LogP contribution in [0.1, 0.15) is 5.56 Å². The van der Waals surface area contributed by atoms with Crippen molar-refractivity contribution in [2.75, 3.05) is 0 Å². The third kappa shape index (κ3) is 2.49. The minimum Gasteiger partial charge on any atom is -0.371 e. The molecule has 0 aliphatic heterocycles. The van der Waals surface area contributed by atoms with Gasteiger partial charge in [0.1, 0.15) is 12.7 Å². The zero-order chi connectivity index (χ0) is 10.6. The van der Waals surface area contributed by atoms with Gasteiger partial charge in [-0.25, -0.2) is 4.79 Å². The fraction of sp³-hybridized carbons (Fsp3) is 0.200. The predicted molar refractivity (Wildman–Crippen MR) is 50.4 cm³/mol. The van der Waals surface area contributed by atoms with Crippen molar-refractivity contribution in [2.24, 2.45) is 0 Å². The second-order valence-electron chi connectivity index (χ2n) is 2.76. The maximum Gasteiger partial charge on any atom is 0.339 e. The van der Waals surface area contributed by atoms with Crippen LogP contribution in [0.2, 0.25) is 0 Å². The van der Waals surface area contributed by atoms with E-state index in [1.54, 1.807) is 18.4 Å². The number of hydrogen-bond donors (Lipinski definition) is 0. The van der Waals surface area contributed by atoms with E-state index in [1.165, 1.54) is 10.6 Å². The van der Waals surface area contributed by atoms with Crippen LogP contribution in [-0.2, 0) is 16.1 Å². The third-order valence-corrected chi connectivity index (χ3v) is 1.60. The lowest BCUT2D eigenvalue weighted by atomic mass is 10.3. The molecule has 4 nitrogen and oxygen atoms in total. The molecule has 4 heteroatoms. The first kappa shape index (κ1) is 10.1. The summed E-state index contributed by atoms with van der Waals surface area (Å²) in [5, 5.41) is 0. The van der Waals surface area contributed by atoms with Crippen LogP contribution < -0.4 is 5.56 Å². The Bertz CT molecular complexity index is 439. The van der Waals surface area contributed by atoms with E-state index in [4.69, 9.17) is 6.42 Å². The van der Waals surface area contributed by atoms with Crippen molar-refractivity contribution < 1.29 is 9.53 Å². The predicted octanol–water partition coefficient (Wildman–Crippen LogP) is 0.291. The molecule has 0 bridgehead atoms. The topological polar surface area (TPSA) is 48.3 Å². The molecule has 0 radical (unpaired) electrons. The zero-order valence-electron chi connectivity index (χ0n) is 7.69. The van der Waals surface area contributed by atoms with E-state index >= 15 is 0 Å². The summed E-state index contributed by atoms with van der Waals surface area (Å²) in [6.45, 7) is 1.66. The molecular weight excluding hydrogens is 182 g/mol. The van der Waals surface area contributed by atoms with Crippen LogP contribution in [0.3, 0.4) is 0 Å². The smallest absolute Gasteiger partial charge is 0.339 e. The van der Waals surface area contributed by atoms with Crippen molar-refractivity contribution in [2.45, 2.75) is 13.5 Å². The molecule has 14 heavy (non-hydrogen) atoms. The van der Waals surface area contributed by atoms with Crippen LogP contribution in [0.15, 0.2) is 23.1 Å². The molecule has 0 aliphatic carbocycles. The van der Waals surface area contributed by atoms with Gasteiger partial charge in [0.15, 0.2) is 0 Å². The zero-order valence-corrected chi connectivity index (χ0v) is 7.69. The molecule has 1 aromatic rings. The SMILES string of the molecule is C#COC(=O)Cn1cc(C)ccc1=O. The molecule has 0 saturated heterocycles. The van der Waals surface area contributed by atoms with Gasteiger partial charge in [-0.15, -0.1) is 0 Å². The molecule has 72 valence electrons. The molecule has 0 unspecified atom stereocenters. The van der Waals surface area contributed by atoms with Gasteiger partial charge in [-0.3, -0.25) is 4.79 Å². The van der Waals surface area contributed by atoms with Crippen molar-refractivity contribution in [3.8, 4) is 12.5 Å². The Hall–Kier alpha value is -2.02. The Labute approximate surface area is 81.1 Å². The minimum absolute atomic E-state index is 0.162. The van der Waals surface area contributed by atoms with E-state index < -0.39 is 5.97 Å². The number of esters is 1. The van der Waals surface area contributed by atoms with E-state index in [9.17, 15) is 9.59 Å². The van der Waals surface area contributed by atoms with E-state index in [0.29, 0.717) is 0 Å². The average molecular weight is 191 g/mol. The second kappa shape index (κ2) is 4.28. The highest BCUT2D eigenvalue weighted by atomic mass is 16.5. The fourth-order valence-corrected chi connectivity index (χ4v) is 1.01. The Morgan fingerprint density at radius 3 is 3.00 bits per heavy atom. The molecule has 0 amide bonds. The molecule has 1 heterocycles. The van der Waals surface area contributed by atoms with Gasteiger partial charge in [-0.2, -0.15) is 0 Å². The summed E-state index contributed by atoms with van der Waals surface area (Å²) in [4.78, 5) is 22.2. The van der Waals surface area contributed by atoms with E-state index in [-0.39, 0.29) is 12.1 Å². The van der Waals surface area contributed by atoms with Crippen LogP contribution in [0.25, 0.3) is 0 Å². The Kier molecular flexibility index (Phi) is 3.08. The number of nitrogens with zero attached hydrogens (tertiary/aromatic N) is 1. The van der Waals surface area contributed by atoms with E-state index in [1.807, 2.05) is 6.92 Å². The van der Waals surface area contributed by atoms with Crippen molar-refractivity contribution in [1.82, 2.24) is 4.57 Å². The van der Waals surface area contributed by atoms with Crippen molar-refractivity contribution in [3.63, 3.8) is 0 Å². The largest absolute Gasteiger partial charge is 0.371 e. The van der Waals surface area contributed by atoms with Crippen LogP contribution in [0, 0.1) is 19.5 Å². The van der Waals surface area contributed by atoms with Gasteiger partial charge in [0.2, 0.25) is 0 Å². The van der Waals surface area contributed by atoms with Crippen LogP contribution >= 0.6 is 0 Å². The lowest BCUT2D eigenvalue weighted by Crippen LogP contribution is -2.23. The number of pyridine rings is 1. The van der Waals surface area contributed by atoms with Crippen LogP contribution in [0.4, 0.5) is 0 Å². The molecular formula is C10H9NO3. The van der Waals surface area contributed by atoms with Crippen LogP contribution in [-0.4, -0.2) is 10.5 Å². The fourth-order valence-electron chi connectivity index (χ4n) is 1.01. The number of hydrogen-bond acceptors (Lipinski definition) is 3. The molecule has 0 N–H and O–H groups in total.